The summed E-state index contributed by atoms with van der Waals surface area (Å²) < 4.78 is 5.20. The average molecular weight is 405 g/mol. The molecule has 4 rings (SSSR count). The van der Waals surface area contributed by atoms with Gasteiger partial charge in [0.25, 0.3) is 5.91 Å². The maximum absolute atomic E-state index is 12.3. The van der Waals surface area contributed by atoms with Gasteiger partial charge in [-0.3, -0.25) is 14.9 Å². The molecule has 0 aliphatic rings. The molecular weight excluding hydrogens is 390 g/mol. The molecule has 0 bridgehead atoms. The molecule has 0 radical (unpaired) electrons. The van der Waals surface area contributed by atoms with Crippen molar-refractivity contribution in [1.29, 1.82) is 0 Å². The summed E-state index contributed by atoms with van der Waals surface area (Å²) in [5.41, 5.74) is 0.910. The van der Waals surface area contributed by atoms with Gasteiger partial charge in [-0.15, -0.1) is 11.3 Å². The van der Waals surface area contributed by atoms with Crippen LogP contribution in [-0.2, 0) is 11.2 Å². The zero-order chi connectivity index (χ0) is 20.2. The van der Waals surface area contributed by atoms with Crippen LogP contribution >= 0.6 is 11.3 Å². The molecule has 0 fully saturated rings. The molecule has 2 amide bonds. The lowest BCUT2D eigenvalue weighted by atomic mass is 10.2. The number of benzene rings is 2. The minimum absolute atomic E-state index is 0.0377. The monoisotopic (exact) mass is 405 g/mol. The number of nitrogens with one attached hydrogen (secondary N) is 2. The fourth-order valence-electron chi connectivity index (χ4n) is 2.71. The molecule has 0 aliphatic heterocycles. The van der Waals surface area contributed by atoms with Gasteiger partial charge in [0.15, 0.2) is 5.13 Å². The van der Waals surface area contributed by atoms with E-state index in [1.807, 2.05) is 12.1 Å². The number of aromatic nitrogens is 1. The SMILES string of the molecule is O=C(Cc1csc(NC(=O)c2ccccc2)n1)Nc1cc2ccccc2oc1=O. The number of carbonyl (C=O) groups excluding carboxylic acids is 2. The standard InChI is InChI=1S/C21H15N3O4S/c25-18(23-16-10-14-8-4-5-9-17(14)28-20(16)27)11-15-12-29-21(22-15)24-19(26)13-6-2-1-3-7-13/h1-10,12H,11H2,(H,23,25)(H,22,24,26). The third-order valence-electron chi connectivity index (χ3n) is 4.07. The molecule has 2 aromatic heterocycles. The third kappa shape index (κ3) is 4.39. The Morgan fingerprint density at radius 1 is 1.00 bits per heavy atom. The van der Waals surface area contributed by atoms with Crippen LogP contribution in [0.25, 0.3) is 11.0 Å². The highest BCUT2D eigenvalue weighted by Crippen LogP contribution is 2.18. The fourth-order valence-corrected chi connectivity index (χ4v) is 3.42. The molecule has 29 heavy (non-hydrogen) atoms. The van der Waals surface area contributed by atoms with E-state index < -0.39 is 11.5 Å². The first kappa shape index (κ1) is 18.6. The Morgan fingerprint density at radius 2 is 1.76 bits per heavy atom. The van der Waals surface area contributed by atoms with Crippen LogP contribution in [0.3, 0.4) is 0 Å². The molecule has 4 aromatic rings. The number of thiazole rings is 1. The molecular formula is C21H15N3O4S. The van der Waals surface area contributed by atoms with E-state index in [0.717, 1.165) is 0 Å². The van der Waals surface area contributed by atoms with Crippen LogP contribution in [0.1, 0.15) is 16.1 Å². The number of hydrogen-bond acceptors (Lipinski definition) is 6. The van der Waals surface area contributed by atoms with Crippen molar-refractivity contribution in [2.45, 2.75) is 6.42 Å². The lowest BCUT2D eigenvalue weighted by Gasteiger charge is -2.04. The van der Waals surface area contributed by atoms with E-state index in [4.69, 9.17) is 4.42 Å². The lowest BCUT2D eigenvalue weighted by molar-refractivity contribution is -0.115. The van der Waals surface area contributed by atoms with Crippen LogP contribution < -0.4 is 16.3 Å². The van der Waals surface area contributed by atoms with Crippen LogP contribution in [-0.4, -0.2) is 16.8 Å². The van der Waals surface area contributed by atoms with Crippen LogP contribution in [0, 0.1) is 0 Å². The highest BCUT2D eigenvalue weighted by molar-refractivity contribution is 7.14. The van der Waals surface area contributed by atoms with Gasteiger partial charge in [-0.05, 0) is 24.3 Å². The van der Waals surface area contributed by atoms with Gasteiger partial charge >= 0.3 is 5.63 Å². The van der Waals surface area contributed by atoms with E-state index in [2.05, 4.69) is 15.6 Å². The van der Waals surface area contributed by atoms with E-state index in [1.165, 1.54) is 11.3 Å². The van der Waals surface area contributed by atoms with Gasteiger partial charge in [0.1, 0.15) is 11.3 Å². The normalized spacial score (nSPS) is 10.6. The lowest BCUT2D eigenvalue weighted by Crippen LogP contribution is -2.19. The van der Waals surface area contributed by atoms with Crippen LogP contribution in [0.2, 0.25) is 0 Å². The Balaban J connectivity index is 1.41. The summed E-state index contributed by atoms with van der Waals surface area (Å²) in [6, 6.07) is 17.4. The number of carbonyl (C=O) groups is 2. The Morgan fingerprint density at radius 3 is 2.59 bits per heavy atom. The summed E-state index contributed by atoms with van der Waals surface area (Å²) in [7, 11) is 0. The summed E-state index contributed by atoms with van der Waals surface area (Å²) in [6.45, 7) is 0. The Bertz CT molecular complexity index is 1250. The highest BCUT2D eigenvalue weighted by Gasteiger charge is 2.13. The molecule has 2 N–H and O–H groups in total. The van der Waals surface area contributed by atoms with Crippen molar-refractivity contribution in [3.05, 3.63) is 87.7 Å². The van der Waals surface area contributed by atoms with Crippen LogP contribution in [0.4, 0.5) is 10.8 Å². The smallest absolute Gasteiger partial charge is 0.360 e. The van der Waals surface area contributed by atoms with Crippen molar-refractivity contribution in [2.75, 3.05) is 10.6 Å². The van der Waals surface area contributed by atoms with Crippen molar-refractivity contribution in [3.8, 4) is 0 Å². The minimum atomic E-state index is -0.619. The third-order valence-corrected chi connectivity index (χ3v) is 4.87. The Kier molecular flexibility index (Phi) is 5.17. The Labute approximate surface area is 169 Å². The summed E-state index contributed by atoms with van der Waals surface area (Å²) in [6.07, 6.45) is -0.0377. The number of para-hydroxylation sites is 1. The van der Waals surface area contributed by atoms with Crippen molar-refractivity contribution in [1.82, 2.24) is 4.98 Å². The molecule has 0 unspecified atom stereocenters. The van der Waals surface area contributed by atoms with E-state index in [1.54, 1.807) is 53.9 Å². The summed E-state index contributed by atoms with van der Waals surface area (Å²) >= 11 is 1.22. The maximum atomic E-state index is 12.3. The maximum Gasteiger partial charge on any atom is 0.360 e. The quantitative estimate of drug-likeness (QED) is 0.493. The van der Waals surface area contributed by atoms with Crippen LogP contribution in [0.5, 0.6) is 0 Å². The zero-order valence-electron chi connectivity index (χ0n) is 15.0. The average Bonchev–Trinajstić information content (AvgIpc) is 3.15. The van der Waals surface area contributed by atoms with E-state index >= 15 is 0 Å². The number of fused-ring (bicyclic) bond motifs is 1. The van der Waals surface area contributed by atoms with Crippen molar-refractivity contribution < 1.29 is 14.0 Å². The zero-order valence-corrected chi connectivity index (χ0v) is 15.9. The number of anilines is 2. The second-order valence-electron chi connectivity index (χ2n) is 6.17. The topological polar surface area (TPSA) is 101 Å². The van der Waals surface area contributed by atoms with Crippen molar-refractivity contribution in [2.24, 2.45) is 0 Å². The van der Waals surface area contributed by atoms with Gasteiger partial charge in [-0.1, -0.05) is 36.4 Å². The van der Waals surface area contributed by atoms with E-state index in [-0.39, 0.29) is 18.0 Å². The van der Waals surface area contributed by atoms with Crippen molar-refractivity contribution >= 4 is 44.9 Å². The molecule has 0 spiro atoms. The first-order chi connectivity index (χ1) is 14.1. The molecule has 0 saturated heterocycles. The largest absolute Gasteiger partial charge is 0.421 e. The Hall–Kier alpha value is -3.78. The first-order valence-electron chi connectivity index (χ1n) is 8.72. The number of nitrogens with zero attached hydrogens (tertiary/aromatic N) is 1. The predicted octanol–water partition coefficient (Wildman–Crippen LogP) is 3.68. The summed E-state index contributed by atoms with van der Waals surface area (Å²) in [5.74, 6) is -0.677. The van der Waals surface area contributed by atoms with Gasteiger partial charge in [0, 0.05) is 16.3 Å². The summed E-state index contributed by atoms with van der Waals surface area (Å²) in [4.78, 5) is 40.8. The number of amides is 2. The molecule has 0 atom stereocenters. The summed E-state index contributed by atoms with van der Waals surface area (Å²) in [5, 5.41) is 8.05. The van der Waals surface area contributed by atoms with Crippen LogP contribution in [0.15, 0.2) is 75.3 Å². The molecule has 2 heterocycles. The number of hydrogen-bond donors (Lipinski definition) is 2. The van der Waals surface area contributed by atoms with E-state index in [0.29, 0.717) is 27.4 Å². The van der Waals surface area contributed by atoms with E-state index in [9.17, 15) is 14.4 Å². The van der Waals surface area contributed by atoms with Gasteiger partial charge in [0.05, 0.1) is 12.1 Å². The second-order valence-corrected chi connectivity index (χ2v) is 7.03. The highest BCUT2D eigenvalue weighted by atomic mass is 32.1. The van der Waals surface area contributed by atoms with Crippen molar-refractivity contribution in [3.63, 3.8) is 0 Å². The minimum Gasteiger partial charge on any atom is -0.421 e. The fraction of sp³-hybridized carbons (Fsp3) is 0.0476. The van der Waals surface area contributed by atoms with Gasteiger partial charge in [-0.25, -0.2) is 9.78 Å². The molecule has 8 heteroatoms. The van der Waals surface area contributed by atoms with Gasteiger partial charge < -0.3 is 9.73 Å². The number of rotatable bonds is 5. The second kappa shape index (κ2) is 8.07. The molecule has 144 valence electrons. The molecule has 7 nitrogen and oxygen atoms in total. The first-order valence-corrected chi connectivity index (χ1v) is 9.60. The molecule has 2 aromatic carbocycles. The molecule has 0 aliphatic carbocycles. The van der Waals surface area contributed by atoms with Gasteiger partial charge in [-0.2, -0.15) is 0 Å². The predicted molar refractivity (Wildman–Crippen MR) is 111 cm³/mol. The molecule has 0 saturated carbocycles. The van der Waals surface area contributed by atoms with Gasteiger partial charge in [0.2, 0.25) is 5.91 Å².